The van der Waals surface area contributed by atoms with Crippen LogP contribution < -0.4 is 0 Å². The van der Waals surface area contributed by atoms with Crippen LogP contribution in [0, 0.1) is 0 Å². The summed E-state index contributed by atoms with van der Waals surface area (Å²) in [6.45, 7) is 0. The third kappa shape index (κ3) is 1.30. The number of hydrogen-bond acceptors (Lipinski definition) is 3. The molecule has 76 valence electrons. The molecule has 0 radical (unpaired) electrons. The highest BCUT2D eigenvalue weighted by Gasteiger charge is 2.44. The number of rotatable bonds is 0. The number of halogens is 2. The first-order valence-corrected chi connectivity index (χ1v) is 5.65. The van der Waals surface area contributed by atoms with E-state index in [1.165, 1.54) is 18.3 Å². The molecule has 0 unspecified atom stereocenters. The van der Waals surface area contributed by atoms with E-state index in [0.29, 0.717) is 0 Å². The number of hydrogen-bond donors (Lipinski definition) is 0. The third-order valence-electron chi connectivity index (χ3n) is 2.14. The first-order chi connectivity index (χ1) is 6.43. The van der Waals surface area contributed by atoms with Crippen LogP contribution in [-0.4, -0.2) is 19.2 Å². The zero-order valence-corrected chi connectivity index (χ0v) is 7.89. The number of nitrogens with zero attached hydrogens (tertiary/aromatic N) is 1. The van der Waals surface area contributed by atoms with Crippen molar-refractivity contribution in [3.8, 4) is 0 Å². The molecule has 2 rings (SSSR count). The number of sulfone groups is 1. The van der Waals surface area contributed by atoms with E-state index in [0.717, 1.165) is 0 Å². The maximum atomic E-state index is 13.2. The average Bonchev–Trinajstić information content (AvgIpc) is 2.14. The van der Waals surface area contributed by atoms with E-state index in [9.17, 15) is 17.2 Å². The SMILES string of the molecule is O=S1(=O)CCC(F)(F)c2ncccc21. The summed E-state index contributed by atoms with van der Waals surface area (Å²) >= 11 is 0. The molecule has 0 bridgehead atoms. The lowest BCUT2D eigenvalue weighted by atomic mass is 10.1. The quantitative estimate of drug-likeness (QED) is 0.661. The van der Waals surface area contributed by atoms with Crippen LogP contribution in [0.3, 0.4) is 0 Å². The van der Waals surface area contributed by atoms with Crippen LogP contribution in [0.25, 0.3) is 0 Å². The topological polar surface area (TPSA) is 47.0 Å². The minimum Gasteiger partial charge on any atom is -0.254 e. The molecule has 0 aliphatic carbocycles. The molecule has 14 heavy (non-hydrogen) atoms. The minimum atomic E-state index is -3.56. The van der Waals surface area contributed by atoms with Crippen LogP contribution in [0.15, 0.2) is 23.2 Å². The van der Waals surface area contributed by atoms with E-state index in [-0.39, 0.29) is 4.90 Å². The Morgan fingerprint density at radius 1 is 1.43 bits per heavy atom. The van der Waals surface area contributed by atoms with E-state index < -0.39 is 33.6 Å². The summed E-state index contributed by atoms with van der Waals surface area (Å²) < 4.78 is 49.2. The van der Waals surface area contributed by atoms with Gasteiger partial charge in [-0.15, -0.1) is 0 Å². The van der Waals surface area contributed by atoms with E-state index >= 15 is 0 Å². The van der Waals surface area contributed by atoms with Gasteiger partial charge >= 0.3 is 0 Å². The lowest BCUT2D eigenvalue weighted by molar-refractivity contribution is -0.0174. The van der Waals surface area contributed by atoms with Gasteiger partial charge in [0.15, 0.2) is 9.84 Å². The summed E-state index contributed by atoms with van der Waals surface area (Å²) in [6, 6.07) is 2.52. The zero-order valence-electron chi connectivity index (χ0n) is 7.07. The maximum Gasteiger partial charge on any atom is 0.291 e. The van der Waals surface area contributed by atoms with Gasteiger partial charge in [0.25, 0.3) is 5.92 Å². The zero-order chi connectivity index (χ0) is 10.4. The highest BCUT2D eigenvalue weighted by Crippen LogP contribution is 2.39. The van der Waals surface area contributed by atoms with E-state index in [4.69, 9.17) is 0 Å². The molecule has 0 saturated carbocycles. The Labute approximate surface area is 79.7 Å². The first kappa shape index (κ1) is 9.51. The number of aromatic nitrogens is 1. The van der Waals surface area contributed by atoms with Crippen molar-refractivity contribution in [1.82, 2.24) is 4.98 Å². The van der Waals surface area contributed by atoms with Crippen LogP contribution in [0.2, 0.25) is 0 Å². The van der Waals surface area contributed by atoms with Crippen LogP contribution in [0.1, 0.15) is 12.1 Å². The molecule has 0 saturated heterocycles. The monoisotopic (exact) mass is 219 g/mol. The van der Waals surface area contributed by atoms with Gasteiger partial charge in [-0.2, -0.15) is 8.78 Å². The van der Waals surface area contributed by atoms with Crippen molar-refractivity contribution < 1.29 is 17.2 Å². The molecule has 3 nitrogen and oxygen atoms in total. The lowest BCUT2D eigenvalue weighted by Crippen LogP contribution is -2.29. The maximum absolute atomic E-state index is 13.2. The van der Waals surface area contributed by atoms with Gasteiger partial charge in [-0.25, -0.2) is 8.42 Å². The number of fused-ring (bicyclic) bond motifs is 1. The predicted molar refractivity (Wildman–Crippen MR) is 44.8 cm³/mol. The summed E-state index contributed by atoms with van der Waals surface area (Å²) in [5.74, 6) is -3.64. The average molecular weight is 219 g/mol. The van der Waals surface area contributed by atoms with Gasteiger partial charge in [0.2, 0.25) is 0 Å². The summed E-state index contributed by atoms with van der Waals surface area (Å²) in [7, 11) is -3.56. The van der Waals surface area contributed by atoms with Crippen LogP contribution in [-0.2, 0) is 15.8 Å². The lowest BCUT2D eigenvalue weighted by Gasteiger charge is -2.23. The van der Waals surface area contributed by atoms with E-state index in [1.807, 2.05) is 0 Å². The van der Waals surface area contributed by atoms with Crippen molar-refractivity contribution in [3.63, 3.8) is 0 Å². The molecule has 6 heteroatoms. The highest BCUT2D eigenvalue weighted by molar-refractivity contribution is 7.91. The predicted octanol–water partition coefficient (Wildman–Crippen LogP) is 1.35. The molecule has 2 heterocycles. The second-order valence-corrected chi connectivity index (χ2v) is 5.20. The molecule has 1 aromatic heterocycles. The molecule has 1 aromatic rings. The first-order valence-electron chi connectivity index (χ1n) is 3.99. The number of pyridine rings is 1. The molecule has 0 amide bonds. The fourth-order valence-corrected chi connectivity index (χ4v) is 2.93. The molecule has 0 atom stereocenters. The fourth-order valence-electron chi connectivity index (χ4n) is 1.41. The Morgan fingerprint density at radius 3 is 2.79 bits per heavy atom. The molecule has 1 aliphatic heterocycles. The Morgan fingerprint density at radius 2 is 2.14 bits per heavy atom. The second kappa shape index (κ2) is 2.73. The molecular weight excluding hydrogens is 212 g/mol. The van der Waals surface area contributed by atoms with Gasteiger partial charge in [-0.3, -0.25) is 4.98 Å². The van der Waals surface area contributed by atoms with Crippen molar-refractivity contribution in [3.05, 3.63) is 24.0 Å². The summed E-state index contributed by atoms with van der Waals surface area (Å²) in [5, 5.41) is 0. The molecule has 1 aliphatic rings. The summed E-state index contributed by atoms with van der Waals surface area (Å²) in [4.78, 5) is 3.10. The summed E-state index contributed by atoms with van der Waals surface area (Å²) in [6.07, 6.45) is 0.493. The van der Waals surface area contributed by atoms with Crippen LogP contribution in [0.4, 0.5) is 8.78 Å². The Kier molecular flexibility index (Phi) is 1.85. The summed E-state index contributed by atoms with van der Waals surface area (Å²) in [5.41, 5.74) is -0.619. The third-order valence-corrected chi connectivity index (χ3v) is 3.88. The van der Waals surface area contributed by atoms with Crippen LogP contribution in [0.5, 0.6) is 0 Å². The van der Waals surface area contributed by atoms with Gasteiger partial charge in [-0.05, 0) is 12.1 Å². The molecule has 0 fully saturated rings. The molecule has 0 N–H and O–H groups in total. The smallest absolute Gasteiger partial charge is 0.254 e. The van der Waals surface area contributed by atoms with Crippen molar-refractivity contribution in [2.45, 2.75) is 17.2 Å². The molecule has 0 spiro atoms. The highest BCUT2D eigenvalue weighted by atomic mass is 32.2. The second-order valence-electron chi connectivity index (χ2n) is 3.12. The van der Waals surface area contributed by atoms with Crippen molar-refractivity contribution in [2.75, 3.05) is 5.75 Å². The molecular formula is C8H7F2NO2S. The largest absolute Gasteiger partial charge is 0.291 e. The Hall–Kier alpha value is -1.04. The Balaban J connectivity index is 2.74. The normalized spacial score (nSPS) is 22.7. The van der Waals surface area contributed by atoms with E-state index in [2.05, 4.69) is 4.98 Å². The van der Waals surface area contributed by atoms with E-state index in [1.54, 1.807) is 0 Å². The van der Waals surface area contributed by atoms with Gasteiger partial charge < -0.3 is 0 Å². The van der Waals surface area contributed by atoms with Crippen molar-refractivity contribution >= 4 is 9.84 Å². The van der Waals surface area contributed by atoms with Crippen molar-refractivity contribution in [2.24, 2.45) is 0 Å². The Bertz CT molecular complexity index is 470. The van der Waals surface area contributed by atoms with Gasteiger partial charge in [0, 0.05) is 12.6 Å². The van der Waals surface area contributed by atoms with Gasteiger partial charge in [0.05, 0.1) is 10.6 Å². The fraction of sp³-hybridized carbons (Fsp3) is 0.375. The van der Waals surface area contributed by atoms with Gasteiger partial charge in [-0.1, -0.05) is 0 Å². The standard InChI is InChI=1S/C8H7F2NO2S/c9-8(10)3-5-14(12,13)6-2-1-4-11-7(6)8/h1-2,4H,3,5H2. The van der Waals surface area contributed by atoms with Crippen LogP contribution >= 0.6 is 0 Å². The molecule has 0 aromatic carbocycles. The number of alkyl halides is 2. The van der Waals surface area contributed by atoms with Gasteiger partial charge in [0.1, 0.15) is 5.69 Å². The van der Waals surface area contributed by atoms with Crippen molar-refractivity contribution in [1.29, 1.82) is 0 Å². The minimum absolute atomic E-state index is 0.337.